The lowest BCUT2D eigenvalue weighted by atomic mass is 9.95. The summed E-state index contributed by atoms with van der Waals surface area (Å²) in [6.45, 7) is 4.12. The molecule has 4 nitrogen and oxygen atoms in total. The minimum Gasteiger partial charge on any atom is -0.507 e. The number of rotatable bonds is 5. The van der Waals surface area contributed by atoms with Crippen molar-refractivity contribution in [2.24, 2.45) is 0 Å². The number of hydrogen-bond acceptors (Lipinski definition) is 4. The highest BCUT2D eigenvalue weighted by atomic mass is 79.9. The van der Waals surface area contributed by atoms with Crippen LogP contribution in [0.5, 0.6) is 11.5 Å². The molecule has 0 aromatic heterocycles. The van der Waals surface area contributed by atoms with Crippen molar-refractivity contribution in [1.82, 2.24) is 0 Å². The standard InChI is InChI=1S/C16H19BrO4/c1-9(6-7-17)4-5-11-14(18)13-12(8-21-16(13)19)10(2)15(11)20-3/h4,18H,5-8H2,1-3H3/b9-4+. The summed E-state index contributed by atoms with van der Waals surface area (Å²) in [5, 5.41) is 11.3. The van der Waals surface area contributed by atoms with Crippen molar-refractivity contribution < 1.29 is 19.4 Å². The third-order valence-corrected chi connectivity index (χ3v) is 4.19. The zero-order valence-corrected chi connectivity index (χ0v) is 14.0. The maximum Gasteiger partial charge on any atom is 0.342 e. The Morgan fingerprint density at radius 2 is 2.24 bits per heavy atom. The molecule has 0 saturated carbocycles. The first-order valence-electron chi connectivity index (χ1n) is 6.81. The second kappa shape index (κ2) is 6.52. The van der Waals surface area contributed by atoms with Crippen molar-refractivity contribution in [1.29, 1.82) is 0 Å². The summed E-state index contributed by atoms with van der Waals surface area (Å²) in [7, 11) is 1.57. The molecule has 0 spiro atoms. The minimum atomic E-state index is -0.462. The predicted molar refractivity (Wildman–Crippen MR) is 84.4 cm³/mol. The number of esters is 1. The summed E-state index contributed by atoms with van der Waals surface area (Å²) in [5.41, 5.74) is 3.72. The fourth-order valence-electron chi connectivity index (χ4n) is 2.56. The first kappa shape index (κ1) is 15.9. The molecule has 5 heteroatoms. The van der Waals surface area contributed by atoms with Gasteiger partial charge in [-0.2, -0.15) is 0 Å². The molecule has 0 atom stereocenters. The van der Waals surface area contributed by atoms with E-state index in [0.29, 0.717) is 17.7 Å². The van der Waals surface area contributed by atoms with Crippen LogP contribution in [0, 0.1) is 6.92 Å². The zero-order valence-electron chi connectivity index (χ0n) is 12.5. The van der Waals surface area contributed by atoms with Gasteiger partial charge >= 0.3 is 5.97 Å². The number of aromatic hydroxyl groups is 1. The molecule has 0 radical (unpaired) electrons. The highest BCUT2D eigenvalue weighted by molar-refractivity contribution is 9.09. The van der Waals surface area contributed by atoms with Gasteiger partial charge in [-0.3, -0.25) is 0 Å². The molecule has 1 aliphatic heterocycles. The van der Waals surface area contributed by atoms with Crippen LogP contribution in [-0.4, -0.2) is 23.5 Å². The average molecular weight is 355 g/mol. The summed E-state index contributed by atoms with van der Waals surface area (Å²) in [5.74, 6) is 0.154. The monoisotopic (exact) mass is 354 g/mol. The van der Waals surface area contributed by atoms with E-state index in [4.69, 9.17) is 9.47 Å². The van der Waals surface area contributed by atoms with Crippen molar-refractivity contribution in [3.05, 3.63) is 33.9 Å². The highest BCUT2D eigenvalue weighted by Gasteiger charge is 2.31. The molecule has 1 aliphatic rings. The number of allylic oxidation sites excluding steroid dienone is 2. The Bertz CT molecular complexity index is 605. The highest BCUT2D eigenvalue weighted by Crippen LogP contribution is 2.41. The van der Waals surface area contributed by atoms with Gasteiger partial charge in [0.25, 0.3) is 0 Å². The van der Waals surface area contributed by atoms with Gasteiger partial charge < -0.3 is 14.6 Å². The molecule has 114 valence electrons. The number of cyclic esters (lactones) is 1. The fraction of sp³-hybridized carbons (Fsp3) is 0.438. The first-order chi connectivity index (χ1) is 10.0. The number of hydrogen-bond donors (Lipinski definition) is 1. The topological polar surface area (TPSA) is 55.8 Å². The fourth-order valence-corrected chi connectivity index (χ4v) is 3.18. The maximum absolute atomic E-state index is 11.8. The number of methoxy groups -OCH3 is 1. The maximum atomic E-state index is 11.8. The van der Waals surface area contributed by atoms with Gasteiger partial charge in [0.15, 0.2) is 0 Å². The Hall–Kier alpha value is -1.49. The molecule has 1 aromatic rings. The summed E-state index contributed by atoms with van der Waals surface area (Å²) >= 11 is 3.40. The van der Waals surface area contributed by atoms with Crippen LogP contribution in [0.15, 0.2) is 11.6 Å². The molecule has 0 bridgehead atoms. The quantitative estimate of drug-likeness (QED) is 0.498. The van der Waals surface area contributed by atoms with E-state index in [0.717, 1.165) is 22.9 Å². The molecule has 1 heterocycles. The molecule has 21 heavy (non-hydrogen) atoms. The van der Waals surface area contributed by atoms with Crippen LogP contribution in [0.1, 0.15) is 40.4 Å². The number of alkyl halides is 1. The predicted octanol–water partition coefficient (Wildman–Crippen LogP) is 3.65. The number of phenols is 1. The van der Waals surface area contributed by atoms with Crippen molar-refractivity contribution in [2.75, 3.05) is 12.4 Å². The number of phenolic OH excluding ortho intramolecular Hbond substituents is 1. The van der Waals surface area contributed by atoms with Crippen LogP contribution in [-0.2, 0) is 17.8 Å². The van der Waals surface area contributed by atoms with E-state index in [9.17, 15) is 9.90 Å². The summed E-state index contributed by atoms with van der Waals surface area (Å²) in [6.07, 6.45) is 3.51. The van der Waals surface area contributed by atoms with Crippen molar-refractivity contribution in [3.8, 4) is 11.5 Å². The Kier molecular flexibility index (Phi) is 4.93. The number of benzene rings is 1. The molecule has 0 unspecified atom stereocenters. The molecule has 0 amide bonds. The molecular formula is C16H19BrO4. The second-order valence-corrected chi connectivity index (χ2v) is 5.90. The SMILES string of the molecule is COc1c(C)c2c(c(O)c1C/C=C(\C)CCBr)C(=O)OC2. The number of fused-ring (bicyclic) bond motifs is 1. The van der Waals surface area contributed by atoms with Crippen LogP contribution in [0.4, 0.5) is 0 Å². The largest absolute Gasteiger partial charge is 0.507 e. The number of ether oxygens (including phenoxy) is 2. The molecule has 0 fully saturated rings. The van der Waals surface area contributed by atoms with Gasteiger partial charge in [-0.1, -0.05) is 27.6 Å². The zero-order chi connectivity index (χ0) is 15.6. The number of halogens is 1. The normalized spacial score (nSPS) is 14.1. The van der Waals surface area contributed by atoms with Crippen LogP contribution in [0.25, 0.3) is 0 Å². The van der Waals surface area contributed by atoms with E-state index < -0.39 is 5.97 Å². The molecule has 0 saturated heterocycles. The van der Waals surface area contributed by atoms with Crippen LogP contribution in [0.3, 0.4) is 0 Å². The first-order valence-corrected chi connectivity index (χ1v) is 7.93. The van der Waals surface area contributed by atoms with Crippen LogP contribution < -0.4 is 4.74 Å². The lowest BCUT2D eigenvalue weighted by Gasteiger charge is -2.15. The summed E-state index contributed by atoms with van der Waals surface area (Å²) in [6, 6.07) is 0. The van der Waals surface area contributed by atoms with E-state index in [1.165, 1.54) is 5.57 Å². The van der Waals surface area contributed by atoms with Crippen LogP contribution in [0.2, 0.25) is 0 Å². The van der Waals surface area contributed by atoms with Gasteiger partial charge in [-0.25, -0.2) is 4.79 Å². The summed E-state index contributed by atoms with van der Waals surface area (Å²) in [4.78, 5) is 11.8. The Balaban J connectivity index is 2.50. The molecule has 2 rings (SSSR count). The molecule has 1 N–H and O–H groups in total. The lowest BCUT2D eigenvalue weighted by molar-refractivity contribution is 0.0533. The van der Waals surface area contributed by atoms with Gasteiger partial charge in [0.05, 0.1) is 7.11 Å². The lowest BCUT2D eigenvalue weighted by Crippen LogP contribution is -2.03. The van der Waals surface area contributed by atoms with Gasteiger partial charge in [-0.15, -0.1) is 0 Å². The van der Waals surface area contributed by atoms with Gasteiger partial charge in [-0.05, 0) is 32.3 Å². The minimum absolute atomic E-state index is 0.0159. The Morgan fingerprint density at radius 3 is 2.86 bits per heavy atom. The number of carbonyl (C=O) groups excluding carboxylic acids is 1. The average Bonchev–Trinajstić information content (AvgIpc) is 2.84. The van der Waals surface area contributed by atoms with E-state index in [1.807, 2.05) is 19.9 Å². The van der Waals surface area contributed by atoms with E-state index in [-0.39, 0.29) is 17.9 Å². The van der Waals surface area contributed by atoms with E-state index >= 15 is 0 Å². The van der Waals surface area contributed by atoms with E-state index in [2.05, 4.69) is 15.9 Å². The molecular weight excluding hydrogens is 336 g/mol. The second-order valence-electron chi connectivity index (χ2n) is 5.11. The molecule has 1 aromatic carbocycles. The van der Waals surface area contributed by atoms with Crippen molar-refractivity contribution in [2.45, 2.75) is 33.3 Å². The van der Waals surface area contributed by atoms with E-state index in [1.54, 1.807) is 7.11 Å². The summed E-state index contributed by atoms with van der Waals surface area (Å²) < 4.78 is 10.5. The third-order valence-electron chi connectivity index (χ3n) is 3.79. The van der Waals surface area contributed by atoms with Gasteiger partial charge in [0, 0.05) is 16.5 Å². The smallest absolute Gasteiger partial charge is 0.342 e. The third kappa shape index (κ3) is 2.93. The van der Waals surface area contributed by atoms with Crippen molar-refractivity contribution in [3.63, 3.8) is 0 Å². The molecule has 0 aliphatic carbocycles. The van der Waals surface area contributed by atoms with Gasteiger partial charge in [0.2, 0.25) is 0 Å². The van der Waals surface area contributed by atoms with Gasteiger partial charge in [0.1, 0.15) is 23.7 Å². The Labute approximate surface area is 132 Å². The Morgan fingerprint density at radius 1 is 1.52 bits per heavy atom. The van der Waals surface area contributed by atoms with Crippen LogP contribution >= 0.6 is 15.9 Å². The number of carbonyl (C=O) groups is 1. The van der Waals surface area contributed by atoms with Crippen molar-refractivity contribution >= 4 is 21.9 Å².